The largest absolute Gasteiger partial charge is 0.480 e. The molecule has 0 bridgehead atoms. The number of aromatic amines is 2. The molecule has 1 aromatic rings. The highest BCUT2D eigenvalue weighted by Gasteiger charge is 2.26. The molecule has 8 nitrogen and oxygen atoms in total. The summed E-state index contributed by atoms with van der Waals surface area (Å²) in [4.78, 5) is 49.9. The number of carboxylic acids is 1. The topological polar surface area (TPSA) is 123 Å². The van der Waals surface area contributed by atoms with Crippen LogP contribution in [0.3, 0.4) is 0 Å². The fraction of sp³-hybridized carbons (Fsp3) is 0.400. The van der Waals surface area contributed by atoms with Gasteiger partial charge in [0.25, 0.3) is 11.5 Å². The maximum atomic E-state index is 11.9. The number of aliphatic carboxylic acids is 1. The fourth-order valence-corrected chi connectivity index (χ4v) is 1.53. The van der Waals surface area contributed by atoms with Gasteiger partial charge in [0.1, 0.15) is 11.7 Å². The van der Waals surface area contributed by atoms with Gasteiger partial charge >= 0.3 is 11.7 Å². The molecular weight excluding hydrogens is 242 g/mol. The number of hydrogen-bond acceptors (Lipinski definition) is 4. The van der Waals surface area contributed by atoms with E-state index in [-0.39, 0.29) is 12.1 Å². The van der Waals surface area contributed by atoms with E-state index in [1.807, 2.05) is 4.98 Å². The summed E-state index contributed by atoms with van der Waals surface area (Å²) in [6.45, 7) is 1.61. The van der Waals surface area contributed by atoms with Crippen molar-refractivity contribution in [2.24, 2.45) is 0 Å². The Morgan fingerprint density at radius 1 is 1.39 bits per heavy atom. The summed E-state index contributed by atoms with van der Waals surface area (Å²) in [6.07, 6.45) is 0.213. The zero-order chi connectivity index (χ0) is 13.9. The van der Waals surface area contributed by atoms with Crippen molar-refractivity contribution in [2.45, 2.75) is 19.4 Å². The van der Waals surface area contributed by atoms with Gasteiger partial charge in [-0.2, -0.15) is 0 Å². The lowest BCUT2D eigenvalue weighted by atomic mass is 10.2. The molecule has 1 unspecified atom stereocenters. The highest BCUT2D eigenvalue weighted by atomic mass is 16.4. The molecule has 1 atom stereocenters. The van der Waals surface area contributed by atoms with E-state index in [1.165, 1.54) is 7.05 Å². The SMILES string of the molecule is CCC(C(=O)O)N(C)C(=O)c1cc(=O)[nH]c(=O)[nH]1. The molecule has 0 radical (unpaired) electrons. The number of aromatic nitrogens is 2. The Hall–Kier alpha value is -2.38. The zero-order valence-electron chi connectivity index (χ0n) is 9.89. The van der Waals surface area contributed by atoms with E-state index in [4.69, 9.17) is 5.11 Å². The standard InChI is InChI=1S/C10H13N3O5/c1-3-6(9(16)17)13(2)8(15)5-4-7(14)12-10(18)11-5/h4,6H,3H2,1-2H3,(H,16,17)(H2,11,12,14,18). The average Bonchev–Trinajstić information content (AvgIpc) is 2.26. The highest BCUT2D eigenvalue weighted by Crippen LogP contribution is 2.05. The maximum Gasteiger partial charge on any atom is 0.326 e. The quantitative estimate of drug-likeness (QED) is 0.636. The first-order chi connectivity index (χ1) is 8.36. The third kappa shape index (κ3) is 2.84. The third-order valence-corrected chi connectivity index (χ3v) is 2.45. The molecule has 18 heavy (non-hydrogen) atoms. The molecule has 1 aromatic heterocycles. The number of nitrogens with one attached hydrogen (secondary N) is 2. The van der Waals surface area contributed by atoms with Gasteiger partial charge < -0.3 is 15.0 Å². The Bertz CT molecular complexity index is 545. The van der Waals surface area contributed by atoms with Gasteiger partial charge in [-0.05, 0) is 6.42 Å². The Labute approximate surface area is 101 Å². The zero-order valence-corrected chi connectivity index (χ0v) is 9.89. The number of hydrogen-bond donors (Lipinski definition) is 3. The minimum absolute atomic E-state index is 0.213. The van der Waals surface area contributed by atoms with Crippen LogP contribution in [-0.4, -0.2) is 44.9 Å². The molecule has 1 amide bonds. The third-order valence-electron chi connectivity index (χ3n) is 2.45. The van der Waals surface area contributed by atoms with E-state index in [0.29, 0.717) is 0 Å². The van der Waals surface area contributed by atoms with Crippen molar-refractivity contribution < 1.29 is 14.7 Å². The van der Waals surface area contributed by atoms with Crippen molar-refractivity contribution in [3.8, 4) is 0 Å². The van der Waals surface area contributed by atoms with Gasteiger partial charge in [-0.3, -0.25) is 14.6 Å². The van der Waals surface area contributed by atoms with E-state index in [2.05, 4.69) is 4.98 Å². The van der Waals surface area contributed by atoms with Crippen molar-refractivity contribution >= 4 is 11.9 Å². The first kappa shape index (κ1) is 13.7. The predicted octanol–water partition coefficient (Wildman–Crippen LogP) is -1.00. The van der Waals surface area contributed by atoms with Crippen LogP contribution < -0.4 is 11.2 Å². The van der Waals surface area contributed by atoms with Crippen molar-refractivity contribution in [3.05, 3.63) is 32.6 Å². The van der Waals surface area contributed by atoms with Gasteiger partial charge in [0.2, 0.25) is 0 Å². The Morgan fingerprint density at radius 3 is 2.44 bits per heavy atom. The van der Waals surface area contributed by atoms with Crippen LogP contribution in [0.2, 0.25) is 0 Å². The van der Waals surface area contributed by atoms with E-state index < -0.39 is 29.2 Å². The lowest BCUT2D eigenvalue weighted by molar-refractivity contribution is -0.142. The number of nitrogens with zero attached hydrogens (tertiary/aromatic N) is 1. The van der Waals surface area contributed by atoms with Crippen molar-refractivity contribution in [3.63, 3.8) is 0 Å². The molecule has 1 heterocycles. The van der Waals surface area contributed by atoms with Gasteiger partial charge in [0, 0.05) is 13.1 Å². The molecule has 0 aliphatic heterocycles. The molecule has 0 saturated carbocycles. The molecule has 0 fully saturated rings. The molecule has 0 saturated heterocycles. The number of amides is 1. The number of carboxylic acid groups (broad SMARTS) is 1. The highest BCUT2D eigenvalue weighted by molar-refractivity contribution is 5.94. The predicted molar refractivity (Wildman–Crippen MR) is 61.5 cm³/mol. The van der Waals surface area contributed by atoms with Crippen LogP contribution in [0.15, 0.2) is 15.7 Å². The molecule has 8 heteroatoms. The second-order valence-electron chi connectivity index (χ2n) is 3.68. The van der Waals surface area contributed by atoms with Crippen LogP contribution in [0.5, 0.6) is 0 Å². The molecule has 0 aliphatic carbocycles. The van der Waals surface area contributed by atoms with Crippen LogP contribution in [-0.2, 0) is 4.79 Å². The van der Waals surface area contributed by atoms with Crippen LogP contribution in [0.25, 0.3) is 0 Å². The van der Waals surface area contributed by atoms with Crippen molar-refractivity contribution in [1.82, 2.24) is 14.9 Å². The second kappa shape index (κ2) is 5.30. The van der Waals surface area contributed by atoms with E-state index >= 15 is 0 Å². The van der Waals surface area contributed by atoms with Crippen LogP contribution in [0.4, 0.5) is 0 Å². The first-order valence-electron chi connectivity index (χ1n) is 5.20. The van der Waals surface area contributed by atoms with Gasteiger partial charge in [-0.25, -0.2) is 9.59 Å². The van der Waals surface area contributed by atoms with Gasteiger partial charge in [0.15, 0.2) is 0 Å². The lowest BCUT2D eigenvalue weighted by Gasteiger charge is -2.23. The number of carbonyl (C=O) groups excluding carboxylic acids is 1. The summed E-state index contributed by atoms with van der Waals surface area (Å²) in [6, 6.07) is -0.102. The summed E-state index contributed by atoms with van der Waals surface area (Å²) in [5, 5.41) is 8.91. The monoisotopic (exact) mass is 255 g/mol. The van der Waals surface area contributed by atoms with Crippen LogP contribution in [0.1, 0.15) is 23.8 Å². The minimum Gasteiger partial charge on any atom is -0.480 e. The molecule has 0 spiro atoms. The molecule has 98 valence electrons. The lowest BCUT2D eigenvalue weighted by Crippen LogP contribution is -2.43. The van der Waals surface area contributed by atoms with Crippen molar-refractivity contribution in [2.75, 3.05) is 7.05 Å². The first-order valence-corrected chi connectivity index (χ1v) is 5.20. The summed E-state index contributed by atoms with van der Waals surface area (Å²) < 4.78 is 0. The fourth-order valence-electron chi connectivity index (χ4n) is 1.53. The number of likely N-dealkylation sites (N-methyl/N-ethyl adjacent to an activating group) is 1. The normalized spacial score (nSPS) is 11.9. The number of rotatable bonds is 4. The summed E-state index contributed by atoms with van der Waals surface area (Å²) >= 11 is 0. The van der Waals surface area contributed by atoms with E-state index in [0.717, 1.165) is 11.0 Å². The van der Waals surface area contributed by atoms with Gasteiger partial charge in [0.05, 0.1) is 0 Å². The average molecular weight is 255 g/mol. The smallest absolute Gasteiger partial charge is 0.326 e. The molecule has 0 aromatic carbocycles. The van der Waals surface area contributed by atoms with E-state index in [1.54, 1.807) is 6.92 Å². The summed E-state index contributed by atoms with van der Waals surface area (Å²) in [5.74, 6) is -1.88. The van der Waals surface area contributed by atoms with Crippen LogP contribution >= 0.6 is 0 Å². The van der Waals surface area contributed by atoms with Gasteiger partial charge in [-0.1, -0.05) is 6.92 Å². The van der Waals surface area contributed by atoms with Crippen LogP contribution in [0, 0.1) is 0 Å². The number of carbonyl (C=O) groups is 2. The maximum absolute atomic E-state index is 11.9. The molecular formula is C10H13N3O5. The molecule has 1 rings (SSSR count). The number of H-pyrrole nitrogens is 2. The summed E-state index contributed by atoms with van der Waals surface area (Å²) in [7, 11) is 1.30. The molecule has 3 N–H and O–H groups in total. The Balaban J connectivity index is 3.10. The van der Waals surface area contributed by atoms with Gasteiger partial charge in [-0.15, -0.1) is 0 Å². The van der Waals surface area contributed by atoms with E-state index in [9.17, 15) is 19.2 Å². The molecule has 0 aliphatic rings. The minimum atomic E-state index is -1.15. The second-order valence-corrected chi connectivity index (χ2v) is 3.68. The van der Waals surface area contributed by atoms with Crippen molar-refractivity contribution in [1.29, 1.82) is 0 Å². The summed E-state index contributed by atoms with van der Waals surface area (Å²) in [5.41, 5.74) is -1.78. The Kier molecular flexibility index (Phi) is 4.03. The Morgan fingerprint density at radius 2 is 2.00 bits per heavy atom.